The Morgan fingerprint density at radius 2 is 1.60 bits per heavy atom. The molecule has 0 heterocycles. The Kier molecular flexibility index (Phi) is 5.81. The van der Waals surface area contributed by atoms with Crippen molar-refractivity contribution in [2.75, 3.05) is 12.3 Å². The summed E-state index contributed by atoms with van der Waals surface area (Å²) in [5.74, 6) is 0.229. The van der Waals surface area contributed by atoms with Crippen molar-refractivity contribution in [1.82, 2.24) is 5.32 Å². The van der Waals surface area contributed by atoms with Crippen molar-refractivity contribution in [1.29, 1.82) is 0 Å². The maximum atomic E-state index is 11.8. The van der Waals surface area contributed by atoms with Gasteiger partial charge in [0.05, 0.1) is 10.5 Å². The Labute approximate surface area is 94.6 Å². The molecule has 0 bridgehead atoms. The van der Waals surface area contributed by atoms with E-state index in [9.17, 15) is 8.42 Å². The van der Waals surface area contributed by atoms with Crippen LogP contribution >= 0.6 is 0 Å². The van der Waals surface area contributed by atoms with Crippen molar-refractivity contribution in [3.63, 3.8) is 0 Å². The van der Waals surface area contributed by atoms with Gasteiger partial charge in [-0.1, -0.05) is 13.8 Å². The van der Waals surface area contributed by atoms with Crippen molar-refractivity contribution >= 4 is 9.84 Å². The molecule has 0 fully saturated rings. The first-order valence-electron chi connectivity index (χ1n) is 5.70. The highest BCUT2D eigenvalue weighted by atomic mass is 32.2. The number of rotatable bonds is 6. The summed E-state index contributed by atoms with van der Waals surface area (Å²) in [6, 6.07) is 0.445. The van der Waals surface area contributed by atoms with Crippen LogP contribution < -0.4 is 5.32 Å². The second kappa shape index (κ2) is 5.85. The molecule has 92 valence electrons. The minimum absolute atomic E-state index is 0.229. The molecule has 0 aromatic heterocycles. The maximum Gasteiger partial charge on any atom is 0.156 e. The van der Waals surface area contributed by atoms with Crippen molar-refractivity contribution < 1.29 is 8.42 Å². The summed E-state index contributed by atoms with van der Waals surface area (Å²) in [7, 11) is -2.97. The average molecular weight is 235 g/mol. The van der Waals surface area contributed by atoms with E-state index in [1.54, 1.807) is 20.8 Å². The van der Waals surface area contributed by atoms with Crippen LogP contribution in [-0.2, 0) is 9.84 Å². The molecule has 0 aliphatic heterocycles. The van der Waals surface area contributed by atoms with E-state index in [1.807, 2.05) is 0 Å². The van der Waals surface area contributed by atoms with Crippen LogP contribution in [0.1, 0.15) is 47.5 Å². The molecule has 0 rings (SSSR count). The fourth-order valence-electron chi connectivity index (χ4n) is 1.28. The third-order valence-corrected chi connectivity index (χ3v) is 5.33. The Morgan fingerprint density at radius 3 is 1.93 bits per heavy atom. The largest absolute Gasteiger partial charge is 0.313 e. The summed E-state index contributed by atoms with van der Waals surface area (Å²) in [5, 5.41) is 3.27. The zero-order valence-corrected chi connectivity index (χ0v) is 11.4. The summed E-state index contributed by atoms with van der Waals surface area (Å²) in [6.45, 7) is 10.0. The van der Waals surface area contributed by atoms with Crippen LogP contribution in [0.5, 0.6) is 0 Å². The summed E-state index contributed by atoms with van der Waals surface area (Å²) in [6.07, 6.45) is 2.10. The molecule has 3 nitrogen and oxygen atoms in total. The monoisotopic (exact) mass is 235 g/mol. The maximum absolute atomic E-state index is 11.8. The standard InChI is InChI=1S/C11H25NO2S/c1-6-10(7-2)12-8-9-15(13,14)11(3,4)5/h10,12H,6-9H2,1-5H3. The molecular formula is C11H25NO2S. The highest BCUT2D eigenvalue weighted by molar-refractivity contribution is 7.92. The van der Waals surface area contributed by atoms with Gasteiger partial charge in [-0.25, -0.2) is 8.42 Å². The Morgan fingerprint density at radius 1 is 1.13 bits per heavy atom. The first-order valence-corrected chi connectivity index (χ1v) is 7.35. The summed E-state index contributed by atoms with van der Waals surface area (Å²) < 4.78 is 22.9. The normalized spacial score (nSPS) is 13.5. The van der Waals surface area contributed by atoms with Crippen LogP contribution in [0, 0.1) is 0 Å². The minimum Gasteiger partial charge on any atom is -0.313 e. The smallest absolute Gasteiger partial charge is 0.156 e. The number of nitrogens with one attached hydrogen (secondary N) is 1. The van der Waals surface area contributed by atoms with Crippen LogP contribution in [0.25, 0.3) is 0 Å². The number of hydrogen-bond acceptors (Lipinski definition) is 3. The molecule has 0 aromatic carbocycles. The topological polar surface area (TPSA) is 46.2 Å². The minimum atomic E-state index is -2.97. The summed E-state index contributed by atoms with van der Waals surface area (Å²) in [5.41, 5.74) is 0. The van der Waals surface area contributed by atoms with Gasteiger partial charge in [-0.3, -0.25) is 0 Å². The molecule has 15 heavy (non-hydrogen) atoms. The quantitative estimate of drug-likeness (QED) is 0.765. The lowest BCUT2D eigenvalue weighted by Crippen LogP contribution is -2.37. The predicted octanol–water partition coefficient (Wildman–Crippen LogP) is 1.98. The highest BCUT2D eigenvalue weighted by Crippen LogP contribution is 2.15. The van der Waals surface area contributed by atoms with E-state index in [4.69, 9.17) is 0 Å². The first-order chi connectivity index (χ1) is 6.74. The second-order valence-electron chi connectivity index (χ2n) is 4.90. The van der Waals surface area contributed by atoms with Crippen molar-refractivity contribution in [2.45, 2.75) is 58.2 Å². The van der Waals surface area contributed by atoms with Gasteiger partial charge in [0, 0.05) is 12.6 Å². The molecular weight excluding hydrogens is 210 g/mol. The molecule has 0 spiro atoms. The van der Waals surface area contributed by atoms with Crippen molar-refractivity contribution in [2.24, 2.45) is 0 Å². The van der Waals surface area contributed by atoms with Crippen LogP contribution in [-0.4, -0.2) is 31.5 Å². The molecule has 0 atom stereocenters. The Balaban J connectivity index is 4.07. The molecule has 0 aliphatic carbocycles. The summed E-state index contributed by atoms with van der Waals surface area (Å²) in [4.78, 5) is 0. The van der Waals surface area contributed by atoms with Gasteiger partial charge in [-0.05, 0) is 33.6 Å². The van der Waals surface area contributed by atoms with E-state index in [2.05, 4.69) is 19.2 Å². The first kappa shape index (κ1) is 14.9. The predicted molar refractivity (Wildman–Crippen MR) is 65.9 cm³/mol. The molecule has 0 saturated carbocycles. The zero-order valence-electron chi connectivity index (χ0n) is 10.6. The van der Waals surface area contributed by atoms with E-state index in [-0.39, 0.29) is 5.75 Å². The molecule has 0 unspecified atom stereocenters. The number of hydrogen-bond donors (Lipinski definition) is 1. The fraction of sp³-hybridized carbons (Fsp3) is 1.00. The Hall–Kier alpha value is -0.0900. The van der Waals surface area contributed by atoms with Gasteiger partial charge in [-0.15, -0.1) is 0 Å². The van der Waals surface area contributed by atoms with Crippen molar-refractivity contribution in [3.05, 3.63) is 0 Å². The van der Waals surface area contributed by atoms with Gasteiger partial charge in [0.25, 0.3) is 0 Å². The van der Waals surface area contributed by atoms with E-state index >= 15 is 0 Å². The molecule has 4 heteroatoms. The van der Waals surface area contributed by atoms with Gasteiger partial charge in [0.15, 0.2) is 9.84 Å². The van der Waals surface area contributed by atoms with Gasteiger partial charge >= 0.3 is 0 Å². The van der Waals surface area contributed by atoms with Crippen LogP contribution in [0.3, 0.4) is 0 Å². The molecule has 1 N–H and O–H groups in total. The van der Waals surface area contributed by atoms with Gasteiger partial charge < -0.3 is 5.32 Å². The molecule has 0 aliphatic rings. The lowest BCUT2D eigenvalue weighted by atomic mass is 10.2. The van der Waals surface area contributed by atoms with Crippen molar-refractivity contribution in [3.8, 4) is 0 Å². The summed E-state index contributed by atoms with van der Waals surface area (Å²) >= 11 is 0. The highest BCUT2D eigenvalue weighted by Gasteiger charge is 2.28. The SMILES string of the molecule is CCC(CC)NCCS(=O)(=O)C(C)(C)C. The van der Waals surface area contributed by atoms with E-state index in [0.717, 1.165) is 12.8 Å². The zero-order chi connectivity index (χ0) is 12.1. The molecule has 0 radical (unpaired) electrons. The van der Waals surface area contributed by atoms with E-state index in [1.165, 1.54) is 0 Å². The lowest BCUT2D eigenvalue weighted by Gasteiger charge is -2.20. The fourth-order valence-corrected chi connectivity index (χ4v) is 2.28. The van der Waals surface area contributed by atoms with Crippen LogP contribution in [0.4, 0.5) is 0 Å². The van der Waals surface area contributed by atoms with Crippen LogP contribution in [0.15, 0.2) is 0 Å². The third-order valence-electron chi connectivity index (χ3n) is 2.72. The van der Waals surface area contributed by atoms with E-state index in [0.29, 0.717) is 12.6 Å². The van der Waals surface area contributed by atoms with E-state index < -0.39 is 14.6 Å². The van der Waals surface area contributed by atoms with Gasteiger partial charge in [-0.2, -0.15) is 0 Å². The lowest BCUT2D eigenvalue weighted by molar-refractivity contribution is 0.494. The van der Waals surface area contributed by atoms with Crippen LogP contribution in [0.2, 0.25) is 0 Å². The van der Waals surface area contributed by atoms with Gasteiger partial charge in [0.1, 0.15) is 0 Å². The second-order valence-corrected chi connectivity index (χ2v) is 7.76. The van der Waals surface area contributed by atoms with Gasteiger partial charge in [0.2, 0.25) is 0 Å². The molecule has 0 saturated heterocycles. The number of sulfone groups is 1. The third kappa shape index (κ3) is 4.98. The molecule has 0 amide bonds. The Bertz CT molecular complexity index is 261. The molecule has 0 aromatic rings. The average Bonchev–Trinajstić information content (AvgIpc) is 2.10.